The number of carbonyl (C=O) groups is 1. The molecule has 3 aromatic rings. The van der Waals surface area contributed by atoms with Crippen LogP contribution < -0.4 is 15.8 Å². The van der Waals surface area contributed by atoms with E-state index in [0.29, 0.717) is 56.2 Å². The Balaban J connectivity index is 1.44. The third-order valence-electron chi connectivity index (χ3n) is 7.68. The number of hydrogen-bond acceptors (Lipinski definition) is 5. The number of rotatable bonds is 11. The lowest BCUT2D eigenvalue weighted by Crippen LogP contribution is -2.37. The van der Waals surface area contributed by atoms with Gasteiger partial charge < -0.3 is 15.2 Å². The molecule has 2 heterocycles. The van der Waals surface area contributed by atoms with E-state index in [1.807, 2.05) is 20.8 Å². The predicted molar refractivity (Wildman–Crippen MR) is 157 cm³/mol. The Labute approximate surface area is 244 Å². The minimum Gasteiger partial charge on any atom is -0.366 e. The monoisotopic (exact) mass is 606 g/mol. The van der Waals surface area contributed by atoms with Crippen molar-refractivity contribution in [3.63, 3.8) is 0 Å². The molecule has 1 aliphatic rings. The Kier molecular flexibility index (Phi) is 9.67. The number of pyridine rings is 1. The second kappa shape index (κ2) is 12.9. The molecule has 0 aliphatic carbocycles. The molecule has 1 aliphatic heterocycles. The molecule has 228 valence electrons. The summed E-state index contributed by atoms with van der Waals surface area (Å²) in [6, 6.07) is 11.2. The number of sulfonamides is 1. The van der Waals surface area contributed by atoms with Crippen molar-refractivity contribution in [1.82, 2.24) is 14.6 Å². The molecule has 0 radical (unpaired) electrons. The molecule has 1 amide bonds. The topological polar surface area (TPSA) is 103 Å². The van der Waals surface area contributed by atoms with Crippen molar-refractivity contribution in [1.29, 1.82) is 0 Å². The van der Waals surface area contributed by atoms with E-state index in [0.717, 1.165) is 12.8 Å². The molecule has 0 saturated carbocycles. The first-order valence-electron chi connectivity index (χ1n) is 14.3. The summed E-state index contributed by atoms with van der Waals surface area (Å²) < 4.78 is 68.5. The van der Waals surface area contributed by atoms with Gasteiger partial charge in [-0.2, -0.15) is 17.5 Å². The molecule has 1 saturated heterocycles. The minimum atomic E-state index is -4.67. The zero-order valence-corrected chi connectivity index (χ0v) is 24.8. The van der Waals surface area contributed by atoms with Crippen molar-refractivity contribution in [2.45, 2.75) is 76.0 Å². The summed E-state index contributed by atoms with van der Waals surface area (Å²) in [6.45, 7) is 7.05. The van der Waals surface area contributed by atoms with E-state index in [4.69, 9.17) is 0 Å². The van der Waals surface area contributed by atoms with Gasteiger partial charge in [0.25, 0.3) is 5.91 Å². The van der Waals surface area contributed by atoms with Crippen LogP contribution in [0.3, 0.4) is 0 Å². The summed E-state index contributed by atoms with van der Waals surface area (Å²) in [7, 11) is -3.64. The van der Waals surface area contributed by atoms with E-state index < -0.39 is 27.3 Å². The van der Waals surface area contributed by atoms with Crippen molar-refractivity contribution in [3.8, 4) is 0 Å². The summed E-state index contributed by atoms with van der Waals surface area (Å²) in [5, 5.41) is 2.82. The maximum absolute atomic E-state index is 13.7. The maximum Gasteiger partial charge on any atom is 0.417 e. The first-order valence-corrected chi connectivity index (χ1v) is 15.7. The van der Waals surface area contributed by atoms with Gasteiger partial charge in [0, 0.05) is 59.9 Å². The Hall–Kier alpha value is -3.38. The molecule has 4 rings (SSSR count). The highest BCUT2D eigenvalue weighted by Gasteiger charge is 2.35. The van der Waals surface area contributed by atoms with Gasteiger partial charge in [0.2, 0.25) is 15.6 Å². The average Bonchev–Trinajstić information content (AvgIpc) is 3.31. The van der Waals surface area contributed by atoms with Gasteiger partial charge in [-0.05, 0) is 81.5 Å². The smallest absolute Gasteiger partial charge is 0.366 e. The van der Waals surface area contributed by atoms with E-state index in [2.05, 4.69) is 15.2 Å². The molecule has 1 aromatic heterocycles. The second-order valence-electron chi connectivity index (χ2n) is 10.7. The number of alkyl halides is 3. The maximum atomic E-state index is 13.7. The largest absolute Gasteiger partial charge is 0.417 e. The van der Waals surface area contributed by atoms with E-state index in [-0.39, 0.29) is 33.8 Å². The lowest BCUT2D eigenvalue weighted by atomic mass is 10.1. The number of H-pyrrole nitrogens is 1. The summed E-state index contributed by atoms with van der Waals surface area (Å²) in [5.41, 5.74) is -0.695. The van der Waals surface area contributed by atoms with Crippen molar-refractivity contribution < 1.29 is 26.4 Å². The van der Waals surface area contributed by atoms with Crippen LogP contribution >= 0.6 is 0 Å². The standard InChI is InChI=1S/C30H37F3N4O4S/c1-4-16-36(17-5-2)42(40,41)24-11-7-21(8-12-24)29(39)34-15-14-22-9-6-20(3)37(22)23-10-13-27-25(18-23)26(30(31,32)33)19-28(38)35-27/h7-8,10-13,18-20,22H,4-6,9,14-17H2,1-3H3,(H,34,39)(H,35,38). The van der Waals surface area contributed by atoms with Crippen LogP contribution in [-0.4, -0.2) is 55.3 Å². The highest BCUT2D eigenvalue weighted by Crippen LogP contribution is 2.37. The Bertz CT molecular complexity index is 1570. The SMILES string of the molecule is CCCN(CCC)S(=O)(=O)c1ccc(C(=O)NCCC2CCC(C)N2c2ccc3[nH]c(=O)cc(C(F)(F)F)c3c2)cc1. The highest BCUT2D eigenvalue weighted by atomic mass is 32.2. The van der Waals surface area contributed by atoms with Gasteiger partial charge in [0.05, 0.1) is 10.5 Å². The van der Waals surface area contributed by atoms with Crippen LogP contribution in [0.4, 0.5) is 18.9 Å². The lowest BCUT2D eigenvalue weighted by Gasteiger charge is -2.31. The number of nitrogens with zero attached hydrogens (tertiary/aromatic N) is 2. The number of amides is 1. The fourth-order valence-electron chi connectivity index (χ4n) is 5.69. The van der Waals surface area contributed by atoms with Gasteiger partial charge in [0.15, 0.2) is 0 Å². The van der Waals surface area contributed by atoms with Gasteiger partial charge in [-0.1, -0.05) is 13.8 Å². The number of aromatic amines is 1. The van der Waals surface area contributed by atoms with Crippen LogP contribution in [0.25, 0.3) is 10.9 Å². The van der Waals surface area contributed by atoms with Crippen LogP contribution in [0.2, 0.25) is 0 Å². The fraction of sp³-hybridized carbons (Fsp3) is 0.467. The Morgan fingerprint density at radius 1 is 1.05 bits per heavy atom. The van der Waals surface area contributed by atoms with Gasteiger partial charge >= 0.3 is 6.18 Å². The fourth-order valence-corrected chi connectivity index (χ4v) is 7.31. The minimum absolute atomic E-state index is 0.00881. The van der Waals surface area contributed by atoms with Crippen molar-refractivity contribution in [3.05, 3.63) is 70.0 Å². The molecule has 2 aromatic carbocycles. The van der Waals surface area contributed by atoms with Gasteiger partial charge in [-0.3, -0.25) is 9.59 Å². The summed E-state index contributed by atoms with van der Waals surface area (Å²) >= 11 is 0. The van der Waals surface area contributed by atoms with Gasteiger partial charge in [0.1, 0.15) is 0 Å². The van der Waals surface area contributed by atoms with Crippen LogP contribution in [0.15, 0.2) is 58.2 Å². The lowest BCUT2D eigenvalue weighted by molar-refractivity contribution is -0.136. The van der Waals surface area contributed by atoms with Gasteiger partial charge in [-0.25, -0.2) is 8.42 Å². The molecule has 2 unspecified atom stereocenters. The van der Waals surface area contributed by atoms with Crippen LogP contribution in [0, 0.1) is 0 Å². The number of fused-ring (bicyclic) bond motifs is 1. The number of halogens is 3. The summed E-state index contributed by atoms with van der Waals surface area (Å²) in [5.74, 6) is -0.333. The number of anilines is 1. The zero-order valence-electron chi connectivity index (χ0n) is 24.0. The highest BCUT2D eigenvalue weighted by molar-refractivity contribution is 7.89. The number of aromatic nitrogens is 1. The molecule has 12 heteroatoms. The number of nitrogens with one attached hydrogen (secondary N) is 2. The van der Waals surface area contributed by atoms with Crippen molar-refractivity contribution in [2.24, 2.45) is 0 Å². The molecular formula is C30H37F3N4O4S. The second-order valence-corrected chi connectivity index (χ2v) is 12.7. The van der Waals surface area contributed by atoms with Crippen molar-refractivity contribution in [2.75, 3.05) is 24.5 Å². The molecular weight excluding hydrogens is 569 g/mol. The number of carbonyl (C=O) groups excluding carboxylic acids is 1. The van der Waals surface area contributed by atoms with Crippen LogP contribution in [0.5, 0.6) is 0 Å². The quantitative estimate of drug-likeness (QED) is 0.299. The van der Waals surface area contributed by atoms with E-state index >= 15 is 0 Å². The average molecular weight is 607 g/mol. The number of benzene rings is 2. The van der Waals surface area contributed by atoms with Crippen molar-refractivity contribution >= 4 is 32.5 Å². The Morgan fingerprint density at radius 2 is 1.71 bits per heavy atom. The predicted octanol–water partition coefficient (Wildman–Crippen LogP) is 5.54. The molecule has 42 heavy (non-hydrogen) atoms. The van der Waals surface area contributed by atoms with Gasteiger partial charge in [-0.15, -0.1) is 0 Å². The molecule has 8 nitrogen and oxygen atoms in total. The van der Waals surface area contributed by atoms with E-state index in [9.17, 15) is 31.2 Å². The normalized spacial score (nSPS) is 17.7. The third kappa shape index (κ3) is 6.81. The Morgan fingerprint density at radius 3 is 2.33 bits per heavy atom. The zero-order chi connectivity index (χ0) is 30.7. The van der Waals surface area contributed by atoms with Crippen LogP contribution in [-0.2, 0) is 16.2 Å². The first-order chi connectivity index (χ1) is 19.9. The first kappa shape index (κ1) is 31.6. The molecule has 0 spiro atoms. The van der Waals surface area contributed by atoms with Crippen LogP contribution in [0.1, 0.15) is 68.8 Å². The molecule has 1 fully saturated rings. The number of hydrogen-bond donors (Lipinski definition) is 2. The molecule has 0 bridgehead atoms. The molecule has 2 N–H and O–H groups in total. The molecule has 2 atom stereocenters. The summed E-state index contributed by atoms with van der Waals surface area (Å²) in [6.07, 6.45) is -1.04. The van der Waals surface area contributed by atoms with E-state index in [1.165, 1.54) is 40.7 Å². The van der Waals surface area contributed by atoms with E-state index in [1.54, 1.807) is 6.07 Å². The summed E-state index contributed by atoms with van der Waals surface area (Å²) in [4.78, 5) is 29.3. The third-order valence-corrected chi connectivity index (χ3v) is 9.59.